The Morgan fingerprint density at radius 3 is 1.13 bits per heavy atom. The van der Waals surface area contributed by atoms with E-state index in [0.717, 1.165) is 0 Å². The zero-order valence-electron chi connectivity index (χ0n) is 6.52. The number of halogens is 8. The van der Waals surface area contributed by atoms with Crippen molar-refractivity contribution in [1.82, 2.24) is 0 Å². The van der Waals surface area contributed by atoms with Gasteiger partial charge in [0.1, 0.15) is 0 Å². The quantitative estimate of drug-likeness (QED) is 0.248. The normalized spacial score (nSPS) is 12.0. The topological polar surface area (TPSA) is 0 Å². The summed E-state index contributed by atoms with van der Waals surface area (Å²) in [6.45, 7) is 0. The summed E-state index contributed by atoms with van der Waals surface area (Å²) in [5.74, 6) is -9.99. The van der Waals surface area contributed by atoms with E-state index in [9.17, 15) is 22.0 Å². The van der Waals surface area contributed by atoms with Crippen LogP contribution in [0.15, 0.2) is 0 Å². The molecule has 0 nitrogen and oxygen atoms in total. The van der Waals surface area contributed by atoms with Gasteiger partial charge in [-0.3, -0.25) is 0 Å². The summed E-state index contributed by atoms with van der Waals surface area (Å²) in [5, 5.41) is 0. The lowest BCUT2D eigenvalue weighted by Gasteiger charge is -2.15. The van der Waals surface area contributed by atoms with Crippen LogP contribution in [0.3, 0.4) is 0 Å². The van der Waals surface area contributed by atoms with Crippen LogP contribution in [0.1, 0.15) is 5.56 Å². The van der Waals surface area contributed by atoms with Crippen LogP contribution in [0.25, 0.3) is 0 Å². The van der Waals surface area contributed by atoms with E-state index in [1.54, 1.807) is 0 Å². The predicted octanol–water partition coefficient (Wildman–Crippen LogP) is 4.68. The lowest BCUT2D eigenvalue weighted by Crippen LogP contribution is -2.12. The van der Waals surface area contributed by atoms with Crippen molar-refractivity contribution in [2.75, 3.05) is 0 Å². The number of benzene rings is 1. The molecule has 0 radical (unpaired) electrons. The predicted molar refractivity (Wildman–Crippen MR) is 54.7 cm³/mol. The zero-order chi connectivity index (χ0) is 12.0. The molecule has 0 amide bonds. The number of hydrogen-bond acceptors (Lipinski definition) is 0. The van der Waals surface area contributed by atoms with Gasteiger partial charge in [-0.1, -0.05) is 47.8 Å². The second kappa shape index (κ2) is 4.29. The van der Waals surface area contributed by atoms with Gasteiger partial charge >= 0.3 is 0 Å². The molecule has 15 heavy (non-hydrogen) atoms. The van der Waals surface area contributed by atoms with E-state index in [0.29, 0.717) is 0 Å². The van der Waals surface area contributed by atoms with Gasteiger partial charge in [0.25, 0.3) is 0 Å². The molecule has 0 heterocycles. The first kappa shape index (κ1) is 13.4. The van der Waals surface area contributed by atoms with Crippen molar-refractivity contribution in [1.29, 1.82) is 0 Å². The molecule has 0 aliphatic carbocycles. The standard InChI is InChI=1S/C7Br3F5/c8-7(9,10)1-2(11)4(13)6(15)5(14)3(1)12. The molecule has 0 aliphatic rings. The largest absolute Gasteiger partial charge is 0.203 e. The fourth-order valence-corrected chi connectivity index (χ4v) is 1.90. The van der Waals surface area contributed by atoms with Gasteiger partial charge in [-0.2, -0.15) is 0 Å². The fourth-order valence-electron chi connectivity index (χ4n) is 0.854. The van der Waals surface area contributed by atoms with Crippen LogP contribution in [-0.2, 0) is 2.14 Å². The minimum atomic E-state index is -2.19. The molecule has 8 heteroatoms. The van der Waals surface area contributed by atoms with Crippen molar-refractivity contribution in [2.45, 2.75) is 2.14 Å². The Bertz CT molecular complexity index is 383. The second-order valence-electron chi connectivity index (χ2n) is 2.44. The van der Waals surface area contributed by atoms with E-state index in [1.807, 2.05) is 0 Å². The molecule has 0 aromatic heterocycles. The molecule has 1 aromatic rings. The Morgan fingerprint density at radius 1 is 0.600 bits per heavy atom. The molecule has 0 spiro atoms. The van der Waals surface area contributed by atoms with Crippen molar-refractivity contribution < 1.29 is 22.0 Å². The lowest BCUT2D eigenvalue weighted by atomic mass is 10.2. The first-order chi connectivity index (χ1) is 6.68. The summed E-state index contributed by atoms with van der Waals surface area (Å²) in [5.41, 5.74) is -1.04. The van der Waals surface area contributed by atoms with E-state index in [1.165, 1.54) is 0 Å². The third kappa shape index (κ3) is 2.36. The van der Waals surface area contributed by atoms with Gasteiger partial charge in [-0.05, 0) is 0 Å². The number of rotatable bonds is 0. The van der Waals surface area contributed by atoms with Crippen LogP contribution in [0.4, 0.5) is 22.0 Å². The van der Waals surface area contributed by atoms with Gasteiger partial charge in [0, 0.05) is 0 Å². The highest BCUT2D eigenvalue weighted by molar-refractivity contribution is 9.38. The summed E-state index contributed by atoms with van der Waals surface area (Å²) in [6.07, 6.45) is 0. The average molecular weight is 419 g/mol. The van der Waals surface area contributed by atoms with Crippen molar-refractivity contribution >= 4 is 47.8 Å². The van der Waals surface area contributed by atoms with Gasteiger partial charge in [-0.15, -0.1) is 0 Å². The molecule has 0 saturated heterocycles. The molecule has 0 fully saturated rings. The van der Waals surface area contributed by atoms with E-state index in [4.69, 9.17) is 0 Å². The molecular formula is C7Br3F5. The van der Waals surface area contributed by atoms with Crippen LogP contribution in [0.2, 0.25) is 0 Å². The Hall–Kier alpha value is 0.310. The molecule has 84 valence electrons. The summed E-state index contributed by atoms with van der Waals surface area (Å²) >= 11 is 8.04. The van der Waals surface area contributed by atoms with E-state index in [2.05, 4.69) is 47.8 Å². The van der Waals surface area contributed by atoms with E-state index >= 15 is 0 Å². The van der Waals surface area contributed by atoms with Crippen LogP contribution in [0.5, 0.6) is 0 Å². The Labute approximate surface area is 106 Å². The van der Waals surface area contributed by atoms with Crippen molar-refractivity contribution in [2.24, 2.45) is 0 Å². The van der Waals surface area contributed by atoms with Gasteiger partial charge in [0.15, 0.2) is 25.4 Å². The van der Waals surface area contributed by atoms with E-state index < -0.39 is 36.8 Å². The smallest absolute Gasteiger partial charge is 0.200 e. The monoisotopic (exact) mass is 416 g/mol. The Kier molecular flexibility index (Phi) is 3.83. The van der Waals surface area contributed by atoms with Crippen LogP contribution in [0, 0.1) is 29.1 Å². The maximum Gasteiger partial charge on any atom is 0.200 e. The SMILES string of the molecule is Fc1c(F)c(F)c(C(Br)(Br)Br)c(F)c1F. The Morgan fingerprint density at radius 2 is 0.867 bits per heavy atom. The number of hydrogen-bond donors (Lipinski definition) is 0. The van der Waals surface area contributed by atoms with Gasteiger partial charge in [-0.25, -0.2) is 22.0 Å². The highest BCUT2D eigenvalue weighted by Gasteiger charge is 2.35. The fraction of sp³-hybridized carbons (Fsp3) is 0.143. The minimum Gasteiger partial charge on any atom is -0.203 e. The first-order valence-corrected chi connectivity index (χ1v) is 5.64. The first-order valence-electron chi connectivity index (χ1n) is 3.26. The molecule has 0 atom stereocenters. The Balaban J connectivity index is 3.68. The zero-order valence-corrected chi connectivity index (χ0v) is 11.3. The molecule has 0 unspecified atom stereocenters. The van der Waals surface area contributed by atoms with E-state index in [-0.39, 0.29) is 0 Å². The van der Waals surface area contributed by atoms with Gasteiger partial charge in [0.05, 0.1) is 5.56 Å². The molecular weight excluding hydrogens is 419 g/mol. The third-order valence-corrected chi connectivity index (χ3v) is 2.68. The molecule has 0 saturated carbocycles. The summed E-state index contributed by atoms with van der Waals surface area (Å²) in [4.78, 5) is 0. The van der Waals surface area contributed by atoms with Crippen LogP contribution < -0.4 is 0 Å². The highest BCUT2D eigenvalue weighted by Crippen LogP contribution is 2.47. The minimum absolute atomic E-state index is 1.04. The van der Waals surface area contributed by atoms with Crippen LogP contribution in [-0.4, -0.2) is 0 Å². The van der Waals surface area contributed by atoms with Crippen molar-refractivity contribution in [3.8, 4) is 0 Å². The van der Waals surface area contributed by atoms with Gasteiger partial charge < -0.3 is 0 Å². The summed E-state index contributed by atoms with van der Waals surface area (Å²) < 4.78 is 62.5. The molecule has 1 rings (SSSR count). The molecule has 0 aliphatic heterocycles. The van der Waals surface area contributed by atoms with Crippen molar-refractivity contribution in [3.63, 3.8) is 0 Å². The maximum atomic E-state index is 13.1. The summed E-state index contributed by atoms with van der Waals surface area (Å²) in [7, 11) is 0. The second-order valence-corrected chi connectivity index (χ2v) is 9.20. The third-order valence-electron chi connectivity index (χ3n) is 1.49. The average Bonchev–Trinajstić information content (AvgIpc) is 2.09. The van der Waals surface area contributed by atoms with Crippen LogP contribution >= 0.6 is 47.8 Å². The maximum absolute atomic E-state index is 13.1. The summed E-state index contributed by atoms with van der Waals surface area (Å²) in [6, 6.07) is 0. The molecule has 1 aromatic carbocycles. The van der Waals surface area contributed by atoms with Gasteiger partial charge in [0.2, 0.25) is 5.82 Å². The number of alkyl halides is 3. The molecule has 0 N–H and O–H groups in total. The molecule has 0 bridgehead atoms. The lowest BCUT2D eigenvalue weighted by molar-refractivity contribution is 0.372. The highest BCUT2D eigenvalue weighted by atomic mass is 80.0. The van der Waals surface area contributed by atoms with Crippen molar-refractivity contribution in [3.05, 3.63) is 34.6 Å².